The second-order valence-corrected chi connectivity index (χ2v) is 7.24. The summed E-state index contributed by atoms with van der Waals surface area (Å²) in [5.41, 5.74) is -0.397. The highest BCUT2D eigenvalue weighted by Crippen LogP contribution is 2.29. The van der Waals surface area contributed by atoms with Crippen LogP contribution in [0.4, 0.5) is 23.2 Å². The highest BCUT2D eigenvalue weighted by molar-refractivity contribution is 6.00. The molecule has 34 heavy (non-hydrogen) atoms. The molecule has 0 N–H and O–H groups in total. The normalized spacial score (nSPS) is 12.1. The fourth-order valence-corrected chi connectivity index (χ4v) is 3.03. The lowest BCUT2D eigenvalue weighted by Crippen LogP contribution is -2.42. The van der Waals surface area contributed by atoms with E-state index in [1.807, 2.05) is 6.92 Å². The Bertz CT molecular complexity index is 1060. The van der Waals surface area contributed by atoms with Crippen LogP contribution in [0.3, 0.4) is 0 Å². The van der Waals surface area contributed by atoms with E-state index < -0.39 is 29.5 Å². The number of pyridine rings is 1. The van der Waals surface area contributed by atoms with E-state index in [1.54, 1.807) is 20.9 Å². The minimum Gasteiger partial charge on any atom is -0.475 e. The van der Waals surface area contributed by atoms with E-state index in [0.717, 1.165) is 18.2 Å². The maximum atomic E-state index is 14.0. The molecule has 1 atom stereocenters. The molecule has 0 spiro atoms. The van der Waals surface area contributed by atoms with Crippen molar-refractivity contribution in [2.45, 2.75) is 39.4 Å². The van der Waals surface area contributed by atoms with Crippen molar-refractivity contribution in [1.29, 1.82) is 0 Å². The maximum Gasteiger partial charge on any atom is 0.417 e. The summed E-state index contributed by atoms with van der Waals surface area (Å²) in [4.78, 5) is 18.4. The molecule has 0 bridgehead atoms. The van der Waals surface area contributed by atoms with Crippen LogP contribution in [-0.4, -0.2) is 48.2 Å². The second-order valence-electron chi connectivity index (χ2n) is 7.24. The number of ether oxygens (including phenoxy) is 1. The predicted molar refractivity (Wildman–Crippen MR) is 122 cm³/mol. The summed E-state index contributed by atoms with van der Waals surface area (Å²) in [6.07, 6.45) is -1.74. The van der Waals surface area contributed by atoms with Gasteiger partial charge in [0.15, 0.2) is 0 Å². The summed E-state index contributed by atoms with van der Waals surface area (Å²) in [6, 6.07) is 5.32. The summed E-state index contributed by atoms with van der Waals surface area (Å²) >= 11 is 0. The number of halogens is 4. The van der Waals surface area contributed by atoms with Crippen LogP contribution in [0.5, 0.6) is 5.88 Å². The van der Waals surface area contributed by atoms with Gasteiger partial charge in [-0.1, -0.05) is 18.8 Å². The molecule has 0 radical (unpaired) electrons. The second kappa shape index (κ2) is 12.0. The first kappa shape index (κ1) is 26.6. The van der Waals surface area contributed by atoms with Crippen LogP contribution in [0, 0.1) is 17.7 Å². The van der Waals surface area contributed by atoms with E-state index in [4.69, 9.17) is 4.74 Å². The van der Waals surface area contributed by atoms with Crippen LogP contribution in [0.2, 0.25) is 0 Å². The average molecular weight is 478 g/mol. The van der Waals surface area contributed by atoms with Crippen LogP contribution in [0.25, 0.3) is 0 Å². The number of rotatable bonds is 8. The van der Waals surface area contributed by atoms with Gasteiger partial charge in [0, 0.05) is 32.3 Å². The molecule has 0 aliphatic carbocycles. The molecular formula is C24H26F4N4O2. The predicted octanol–water partition coefficient (Wildman–Crippen LogP) is 5.00. The number of hydrogen-bond acceptors (Lipinski definition) is 5. The van der Waals surface area contributed by atoms with Crippen molar-refractivity contribution >= 4 is 17.8 Å². The molecule has 10 heteroatoms. The van der Waals surface area contributed by atoms with Crippen LogP contribution in [-0.2, 0) is 6.18 Å². The lowest BCUT2D eigenvalue weighted by atomic mass is 10.1. The largest absolute Gasteiger partial charge is 0.475 e. The zero-order valence-corrected chi connectivity index (χ0v) is 19.4. The van der Waals surface area contributed by atoms with Gasteiger partial charge in [-0.2, -0.15) is 18.3 Å². The van der Waals surface area contributed by atoms with E-state index >= 15 is 0 Å². The Morgan fingerprint density at radius 1 is 1.26 bits per heavy atom. The molecule has 1 amide bonds. The van der Waals surface area contributed by atoms with Gasteiger partial charge < -0.3 is 9.64 Å². The molecule has 0 fully saturated rings. The third-order valence-corrected chi connectivity index (χ3v) is 4.78. The molecule has 1 aromatic heterocycles. The standard InChI is InChI=1S/C24H26F4N4O2/c1-5-7-8-13-30-31(4)21-11-10-19(25)14-20(21)23(33)32(6-2)17(3)16-34-22-12-9-18(15-29-22)24(26,27)28/h9-15,17H,5-6,16H2,1-4H3/b30-13-. The van der Waals surface area contributed by atoms with Crippen LogP contribution < -0.4 is 9.75 Å². The van der Waals surface area contributed by atoms with E-state index in [9.17, 15) is 22.4 Å². The van der Waals surface area contributed by atoms with E-state index in [2.05, 4.69) is 21.9 Å². The Morgan fingerprint density at radius 3 is 2.59 bits per heavy atom. The number of anilines is 1. The van der Waals surface area contributed by atoms with Gasteiger partial charge in [-0.25, -0.2) is 9.37 Å². The number of alkyl halides is 3. The minimum absolute atomic E-state index is 0.00273. The zero-order valence-electron chi connectivity index (χ0n) is 19.4. The molecular weight excluding hydrogens is 452 g/mol. The molecule has 2 aromatic rings. The number of hydrazone groups is 1. The fourth-order valence-electron chi connectivity index (χ4n) is 3.03. The zero-order chi connectivity index (χ0) is 25.3. The van der Waals surface area contributed by atoms with Gasteiger partial charge in [-0.05, 0) is 38.1 Å². The number of benzene rings is 1. The highest BCUT2D eigenvalue weighted by Gasteiger charge is 2.31. The average Bonchev–Trinajstić information content (AvgIpc) is 2.80. The number of carbonyl (C=O) groups is 1. The van der Waals surface area contributed by atoms with Gasteiger partial charge in [-0.3, -0.25) is 9.80 Å². The molecule has 0 saturated heterocycles. The molecule has 0 saturated carbocycles. The monoisotopic (exact) mass is 478 g/mol. The molecule has 0 aliphatic rings. The molecule has 1 unspecified atom stereocenters. The van der Waals surface area contributed by atoms with Gasteiger partial charge in [0.05, 0.1) is 29.1 Å². The van der Waals surface area contributed by atoms with Crippen LogP contribution >= 0.6 is 0 Å². The Labute approximate surface area is 196 Å². The number of hydrogen-bond donors (Lipinski definition) is 0. The van der Waals surface area contributed by atoms with Crippen molar-refractivity contribution in [3.63, 3.8) is 0 Å². The third kappa shape index (κ3) is 7.20. The summed E-state index contributed by atoms with van der Waals surface area (Å²) < 4.78 is 57.6. The van der Waals surface area contributed by atoms with Crippen molar-refractivity contribution in [2.24, 2.45) is 5.10 Å². The minimum atomic E-state index is -4.49. The quantitative estimate of drug-likeness (QED) is 0.232. The van der Waals surface area contributed by atoms with E-state index in [-0.39, 0.29) is 24.6 Å². The van der Waals surface area contributed by atoms with Gasteiger partial charge in [0.2, 0.25) is 5.88 Å². The molecule has 182 valence electrons. The number of carbonyl (C=O) groups excluding carboxylic acids is 1. The summed E-state index contributed by atoms with van der Waals surface area (Å²) in [6.45, 7) is 5.63. The van der Waals surface area contributed by atoms with Crippen molar-refractivity contribution in [3.05, 3.63) is 53.5 Å². The Morgan fingerprint density at radius 2 is 2.00 bits per heavy atom. The first-order valence-corrected chi connectivity index (χ1v) is 10.6. The van der Waals surface area contributed by atoms with Gasteiger partial charge in [-0.15, -0.1) is 0 Å². The third-order valence-electron chi connectivity index (χ3n) is 4.78. The smallest absolute Gasteiger partial charge is 0.417 e. The molecule has 0 aliphatic heterocycles. The van der Waals surface area contributed by atoms with E-state index in [0.29, 0.717) is 18.3 Å². The Kier molecular flexibility index (Phi) is 9.42. The maximum absolute atomic E-state index is 14.0. The lowest BCUT2D eigenvalue weighted by Gasteiger charge is -2.29. The number of aromatic nitrogens is 1. The molecule has 6 nitrogen and oxygen atoms in total. The Hall–Kier alpha value is -3.61. The van der Waals surface area contributed by atoms with E-state index in [1.165, 1.54) is 28.3 Å². The Balaban J connectivity index is 2.17. The molecule has 1 aromatic carbocycles. The number of nitrogens with zero attached hydrogens (tertiary/aromatic N) is 4. The van der Waals surface area contributed by atoms with Gasteiger partial charge in [0.1, 0.15) is 12.4 Å². The SMILES string of the molecule is CCC#C/C=N\N(C)c1ccc(F)cc1C(=O)N(CC)C(C)COc1ccc(C(F)(F)F)cn1. The number of likely N-dealkylation sites (N-methyl/N-ethyl adjacent to an activating group) is 1. The molecule has 2 rings (SSSR count). The first-order chi connectivity index (χ1) is 16.1. The van der Waals surface area contributed by atoms with Gasteiger partial charge >= 0.3 is 6.18 Å². The highest BCUT2D eigenvalue weighted by atomic mass is 19.4. The van der Waals surface area contributed by atoms with Crippen LogP contribution in [0.15, 0.2) is 41.6 Å². The summed E-state index contributed by atoms with van der Waals surface area (Å²) in [7, 11) is 1.62. The van der Waals surface area contributed by atoms with Gasteiger partial charge in [0.25, 0.3) is 5.91 Å². The van der Waals surface area contributed by atoms with Crippen molar-refractivity contribution in [2.75, 3.05) is 25.2 Å². The van der Waals surface area contributed by atoms with Crippen LogP contribution in [0.1, 0.15) is 43.1 Å². The van der Waals surface area contributed by atoms with Crippen molar-refractivity contribution in [1.82, 2.24) is 9.88 Å². The molecule has 1 heterocycles. The summed E-state index contributed by atoms with van der Waals surface area (Å²) in [5, 5.41) is 5.59. The number of amides is 1. The van der Waals surface area contributed by atoms with Crippen molar-refractivity contribution < 1.29 is 27.1 Å². The first-order valence-electron chi connectivity index (χ1n) is 10.6. The lowest BCUT2D eigenvalue weighted by molar-refractivity contribution is -0.137. The van der Waals surface area contributed by atoms with Crippen molar-refractivity contribution in [3.8, 4) is 17.7 Å². The topological polar surface area (TPSA) is 58.0 Å². The summed E-state index contributed by atoms with van der Waals surface area (Å²) in [5.74, 6) is 4.57. The fraction of sp³-hybridized carbons (Fsp3) is 0.375.